The standard InChI is InChI=1S/C9H19NO2S/c1-7(2)6-8(11)10-13(12)9(3,4)5/h7H,6H2,1-5H3,(H,10,11)/t13-/m1/s1. The first-order chi connectivity index (χ1) is 5.73. The highest BCUT2D eigenvalue weighted by Gasteiger charge is 2.21. The van der Waals surface area contributed by atoms with Crippen molar-refractivity contribution in [3.05, 3.63) is 0 Å². The number of carbonyl (C=O) groups is 1. The molecule has 13 heavy (non-hydrogen) atoms. The Bertz CT molecular complexity index is 206. The maximum atomic E-state index is 11.4. The molecule has 0 aliphatic heterocycles. The van der Waals surface area contributed by atoms with Crippen molar-refractivity contribution in [1.29, 1.82) is 0 Å². The van der Waals surface area contributed by atoms with Gasteiger partial charge >= 0.3 is 0 Å². The van der Waals surface area contributed by atoms with E-state index in [0.29, 0.717) is 12.3 Å². The Morgan fingerprint density at radius 2 is 1.85 bits per heavy atom. The van der Waals surface area contributed by atoms with Gasteiger partial charge in [0.2, 0.25) is 5.91 Å². The fourth-order valence-corrected chi connectivity index (χ4v) is 1.27. The minimum absolute atomic E-state index is 0.136. The Hall–Kier alpha value is -0.380. The highest BCUT2D eigenvalue weighted by Crippen LogP contribution is 2.09. The third-order valence-corrected chi connectivity index (χ3v) is 2.88. The van der Waals surface area contributed by atoms with Gasteiger partial charge in [0.25, 0.3) is 0 Å². The fourth-order valence-electron chi connectivity index (χ4n) is 0.669. The average molecular weight is 205 g/mol. The molecule has 0 aliphatic carbocycles. The monoisotopic (exact) mass is 205 g/mol. The van der Waals surface area contributed by atoms with Crippen molar-refractivity contribution in [3.8, 4) is 0 Å². The van der Waals surface area contributed by atoms with Crippen molar-refractivity contribution in [3.63, 3.8) is 0 Å². The quantitative estimate of drug-likeness (QED) is 0.761. The van der Waals surface area contributed by atoms with Crippen LogP contribution in [-0.4, -0.2) is 14.9 Å². The lowest BCUT2D eigenvalue weighted by atomic mass is 10.1. The van der Waals surface area contributed by atoms with Gasteiger partial charge < -0.3 is 0 Å². The van der Waals surface area contributed by atoms with E-state index in [0.717, 1.165) is 0 Å². The zero-order valence-electron chi connectivity index (χ0n) is 9.01. The van der Waals surface area contributed by atoms with Crippen LogP contribution in [-0.2, 0) is 15.8 Å². The van der Waals surface area contributed by atoms with Crippen molar-refractivity contribution in [2.75, 3.05) is 0 Å². The summed E-state index contributed by atoms with van der Waals surface area (Å²) in [6, 6.07) is 0. The Labute approximate surface area is 82.9 Å². The van der Waals surface area contributed by atoms with E-state index in [1.54, 1.807) is 0 Å². The summed E-state index contributed by atoms with van der Waals surface area (Å²) in [7, 11) is -1.28. The number of nitrogens with one attached hydrogen (secondary N) is 1. The van der Waals surface area contributed by atoms with Crippen LogP contribution >= 0.6 is 0 Å². The zero-order chi connectivity index (χ0) is 10.6. The van der Waals surface area contributed by atoms with E-state index in [4.69, 9.17) is 0 Å². The first-order valence-corrected chi connectivity index (χ1v) is 5.60. The molecule has 0 unspecified atom stereocenters. The number of hydrogen-bond acceptors (Lipinski definition) is 2. The molecule has 0 aromatic rings. The second-order valence-electron chi connectivity index (χ2n) is 4.50. The van der Waals surface area contributed by atoms with Gasteiger partial charge in [-0.3, -0.25) is 9.52 Å². The Kier molecular flexibility index (Phi) is 4.61. The average Bonchev–Trinajstić information content (AvgIpc) is 1.82. The number of amides is 1. The largest absolute Gasteiger partial charge is 0.275 e. The van der Waals surface area contributed by atoms with Crippen molar-refractivity contribution >= 4 is 16.9 Å². The highest BCUT2D eigenvalue weighted by molar-refractivity contribution is 7.85. The van der Waals surface area contributed by atoms with E-state index in [9.17, 15) is 9.00 Å². The van der Waals surface area contributed by atoms with Gasteiger partial charge in [0, 0.05) is 6.42 Å². The normalized spacial score (nSPS) is 14.3. The van der Waals surface area contributed by atoms with Crippen molar-refractivity contribution in [1.82, 2.24) is 4.72 Å². The maximum absolute atomic E-state index is 11.4. The fraction of sp³-hybridized carbons (Fsp3) is 0.889. The lowest BCUT2D eigenvalue weighted by molar-refractivity contribution is -0.119. The van der Waals surface area contributed by atoms with E-state index in [-0.39, 0.29) is 10.7 Å². The molecule has 3 nitrogen and oxygen atoms in total. The van der Waals surface area contributed by atoms with Gasteiger partial charge in [0.1, 0.15) is 11.0 Å². The maximum Gasteiger partial charge on any atom is 0.231 e. The molecule has 0 heterocycles. The van der Waals surface area contributed by atoms with Gasteiger partial charge in [0.05, 0.1) is 4.75 Å². The van der Waals surface area contributed by atoms with Crippen LogP contribution in [0.15, 0.2) is 0 Å². The van der Waals surface area contributed by atoms with Crippen LogP contribution < -0.4 is 4.72 Å². The summed E-state index contributed by atoms with van der Waals surface area (Å²) in [5, 5.41) is 0. The molecule has 0 aliphatic rings. The molecule has 4 heteroatoms. The summed E-state index contributed by atoms with van der Waals surface area (Å²) < 4.78 is 13.5. The Morgan fingerprint density at radius 3 is 2.15 bits per heavy atom. The summed E-state index contributed by atoms with van der Waals surface area (Å²) in [4.78, 5) is 11.2. The Morgan fingerprint density at radius 1 is 1.38 bits per heavy atom. The molecule has 78 valence electrons. The molecule has 0 fully saturated rings. The molecule has 0 bridgehead atoms. The summed E-state index contributed by atoms with van der Waals surface area (Å²) in [5.41, 5.74) is 0. The molecule has 1 N–H and O–H groups in total. The topological polar surface area (TPSA) is 46.2 Å². The van der Waals surface area contributed by atoms with Crippen LogP contribution in [0.3, 0.4) is 0 Å². The second kappa shape index (κ2) is 4.74. The van der Waals surface area contributed by atoms with E-state index >= 15 is 0 Å². The van der Waals surface area contributed by atoms with Gasteiger partial charge in [-0.15, -0.1) is 0 Å². The van der Waals surface area contributed by atoms with Crippen LogP contribution in [0, 0.1) is 5.92 Å². The predicted molar refractivity (Wildman–Crippen MR) is 55.5 cm³/mol. The van der Waals surface area contributed by atoms with Crippen molar-refractivity contribution in [2.45, 2.75) is 45.8 Å². The summed E-state index contributed by atoms with van der Waals surface area (Å²) in [6.45, 7) is 9.41. The Balaban J connectivity index is 4.01. The molecule has 0 spiro atoms. The SMILES string of the molecule is CC(C)CC(=O)N[S@](=O)C(C)(C)C. The molecule has 0 aromatic heterocycles. The summed E-state index contributed by atoms with van der Waals surface area (Å²) >= 11 is 0. The number of hydrogen-bond donors (Lipinski definition) is 1. The number of rotatable bonds is 3. The van der Waals surface area contributed by atoms with Gasteiger partial charge in [-0.25, -0.2) is 4.21 Å². The molecular weight excluding hydrogens is 186 g/mol. The van der Waals surface area contributed by atoms with Crippen LogP contribution in [0.1, 0.15) is 41.0 Å². The minimum atomic E-state index is -1.28. The summed E-state index contributed by atoms with van der Waals surface area (Å²) in [6.07, 6.45) is 0.432. The molecule has 0 rings (SSSR count). The lowest BCUT2D eigenvalue weighted by Crippen LogP contribution is -2.37. The molecule has 1 atom stereocenters. The molecular formula is C9H19NO2S. The molecule has 0 radical (unpaired) electrons. The molecule has 0 saturated carbocycles. The highest BCUT2D eigenvalue weighted by atomic mass is 32.2. The molecule has 0 saturated heterocycles. The first-order valence-electron chi connectivity index (χ1n) is 4.45. The van der Waals surface area contributed by atoms with Crippen LogP contribution in [0.4, 0.5) is 0 Å². The van der Waals surface area contributed by atoms with Gasteiger partial charge in [0.15, 0.2) is 0 Å². The van der Waals surface area contributed by atoms with Crippen LogP contribution in [0.2, 0.25) is 0 Å². The minimum Gasteiger partial charge on any atom is -0.275 e. The van der Waals surface area contributed by atoms with Crippen LogP contribution in [0.5, 0.6) is 0 Å². The van der Waals surface area contributed by atoms with E-state index in [2.05, 4.69) is 4.72 Å². The third kappa shape index (κ3) is 5.80. The predicted octanol–water partition coefficient (Wildman–Crippen LogP) is 1.61. The second-order valence-corrected chi connectivity index (χ2v) is 6.47. The summed E-state index contributed by atoms with van der Waals surface area (Å²) in [5.74, 6) is 0.167. The van der Waals surface area contributed by atoms with E-state index < -0.39 is 11.0 Å². The molecule has 0 aromatic carbocycles. The first kappa shape index (κ1) is 12.6. The zero-order valence-corrected chi connectivity index (χ0v) is 9.83. The van der Waals surface area contributed by atoms with Crippen molar-refractivity contribution < 1.29 is 9.00 Å². The third-order valence-electron chi connectivity index (χ3n) is 1.36. The van der Waals surface area contributed by atoms with Gasteiger partial charge in [-0.2, -0.15) is 0 Å². The smallest absolute Gasteiger partial charge is 0.231 e. The lowest BCUT2D eigenvalue weighted by Gasteiger charge is -2.18. The number of carbonyl (C=O) groups excluding carboxylic acids is 1. The van der Waals surface area contributed by atoms with Gasteiger partial charge in [-0.05, 0) is 26.7 Å². The van der Waals surface area contributed by atoms with Gasteiger partial charge in [-0.1, -0.05) is 13.8 Å². The van der Waals surface area contributed by atoms with Crippen LogP contribution in [0.25, 0.3) is 0 Å². The molecule has 1 amide bonds. The van der Waals surface area contributed by atoms with E-state index in [1.165, 1.54) is 0 Å². The van der Waals surface area contributed by atoms with Crippen molar-refractivity contribution in [2.24, 2.45) is 5.92 Å². The van der Waals surface area contributed by atoms with E-state index in [1.807, 2.05) is 34.6 Å².